The van der Waals surface area contributed by atoms with Gasteiger partial charge in [0.05, 0.1) is 4.90 Å². The van der Waals surface area contributed by atoms with Crippen LogP contribution in [0.1, 0.15) is 37.2 Å². The van der Waals surface area contributed by atoms with Gasteiger partial charge in [-0.3, -0.25) is 0 Å². The maximum atomic E-state index is 12.2. The SMILES string of the molecule is CC(C)(C)OC(=O)c1coc(CS(=O)(=O)c2ccccc2)n1. The van der Waals surface area contributed by atoms with E-state index >= 15 is 0 Å². The van der Waals surface area contributed by atoms with Crippen LogP contribution in [0.4, 0.5) is 0 Å². The van der Waals surface area contributed by atoms with Gasteiger partial charge < -0.3 is 9.15 Å². The molecule has 0 saturated heterocycles. The van der Waals surface area contributed by atoms with Crippen LogP contribution in [0, 0.1) is 0 Å². The van der Waals surface area contributed by atoms with Gasteiger partial charge in [0.2, 0.25) is 5.89 Å². The first kappa shape index (κ1) is 16.2. The van der Waals surface area contributed by atoms with E-state index in [9.17, 15) is 13.2 Å². The van der Waals surface area contributed by atoms with Crippen LogP contribution in [0.25, 0.3) is 0 Å². The number of carbonyl (C=O) groups excluding carboxylic acids is 1. The van der Waals surface area contributed by atoms with E-state index in [-0.39, 0.29) is 16.5 Å². The van der Waals surface area contributed by atoms with Crippen molar-refractivity contribution < 1.29 is 22.4 Å². The molecular formula is C15H17NO5S. The lowest BCUT2D eigenvalue weighted by molar-refractivity contribution is 0.00627. The molecule has 7 heteroatoms. The molecule has 2 aromatic rings. The van der Waals surface area contributed by atoms with Crippen LogP contribution in [0.15, 0.2) is 45.9 Å². The molecule has 0 bridgehead atoms. The fraction of sp³-hybridized carbons (Fsp3) is 0.333. The Morgan fingerprint density at radius 3 is 2.45 bits per heavy atom. The van der Waals surface area contributed by atoms with Crippen molar-refractivity contribution in [2.75, 3.05) is 0 Å². The number of hydrogen-bond donors (Lipinski definition) is 0. The zero-order chi connectivity index (χ0) is 16.4. The van der Waals surface area contributed by atoms with Crippen LogP contribution in [0.3, 0.4) is 0 Å². The quantitative estimate of drug-likeness (QED) is 0.804. The summed E-state index contributed by atoms with van der Waals surface area (Å²) in [6, 6.07) is 7.98. The van der Waals surface area contributed by atoms with Gasteiger partial charge in [0.1, 0.15) is 17.6 Å². The standard InChI is InChI=1S/C15H17NO5S/c1-15(2,3)21-14(17)12-9-20-13(16-12)10-22(18,19)11-7-5-4-6-8-11/h4-9H,10H2,1-3H3. The largest absolute Gasteiger partial charge is 0.455 e. The number of carbonyl (C=O) groups is 1. The third kappa shape index (κ3) is 4.17. The van der Waals surface area contributed by atoms with Crippen molar-refractivity contribution in [1.82, 2.24) is 4.98 Å². The van der Waals surface area contributed by atoms with Gasteiger partial charge in [-0.1, -0.05) is 18.2 Å². The second kappa shape index (κ2) is 5.92. The third-order valence-corrected chi connectivity index (χ3v) is 4.19. The Kier molecular flexibility index (Phi) is 4.37. The molecule has 0 aliphatic carbocycles. The van der Waals surface area contributed by atoms with Crippen LogP contribution in [0.5, 0.6) is 0 Å². The van der Waals surface area contributed by atoms with Gasteiger partial charge >= 0.3 is 5.97 Å². The molecule has 0 aliphatic heterocycles. The minimum atomic E-state index is -3.57. The van der Waals surface area contributed by atoms with Crippen molar-refractivity contribution in [1.29, 1.82) is 0 Å². The molecule has 1 aromatic carbocycles. The first-order chi connectivity index (χ1) is 10.2. The molecule has 0 spiro atoms. The summed E-state index contributed by atoms with van der Waals surface area (Å²) >= 11 is 0. The van der Waals surface area contributed by atoms with Gasteiger partial charge in [-0.05, 0) is 32.9 Å². The zero-order valence-corrected chi connectivity index (χ0v) is 13.4. The second-order valence-electron chi connectivity index (χ2n) is 5.70. The van der Waals surface area contributed by atoms with E-state index in [0.29, 0.717) is 0 Å². The third-order valence-electron chi connectivity index (χ3n) is 2.58. The monoisotopic (exact) mass is 323 g/mol. The first-order valence-corrected chi connectivity index (χ1v) is 8.28. The maximum absolute atomic E-state index is 12.2. The highest BCUT2D eigenvalue weighted by molar-refractivity contribution is 7.90. The van der Waals surface area contributed by atoms with Gasteiger partial charge in [-0.15, -0.1) is 0 Å². The van der Waals surface area contributed by atoms with Crippen LogP contribution in [-0.4, -0.2) is 25.0 Å². The Morgan fingerprint density at radius 1 is 1.23 bits per heavy atom. The predicted molar refractivity (Wildman–Crippen MR) is 79.0 cm³/mol. The average molecular weight is 323 g/mol. The van der Waals surface area contributed by atoms with Gasteiger partial charge in [0.15, 0.2) is 15.5 Å². The molecule has 0 amide bonds. The van der Waals surface area contributed by atoms with Crippen molar-refractivity contribution in [2.24, 2.45) is 0 Å². The molecule has 0 unspecified atom stereocenters. The minimum absolute atomic E-state index is 0.0480. The molecule has 118 valence electrons. The Bertz CT molecular complexity index is 757. The number of aromatic nitrogens is 1. The normalized spacial score (nSPS) is 12.1. The van der Waals surface area contributed by atoms with Crippen LogP contribution >= 0.6 is 0 Å². The number of esters is 1. The van der Waals surface area contributed by atoms with Gasteiger partial charge in [0.25, 0.3) is 0 Å². The number of hydrogen-bond acceptors (Lipinski definition) is 6. The molecule has 2 rings (SSSR count). The highest BCUT2D eigenvalue weighted by Crippen LogP contribution is 2.17. The summed E-state index contributed by atoms with van der Waals surface area (Å²) in [6.07, 6.45) is 1.10. The Hall–Kier alpha value is -2.15. The molecule has 0 atom stereocenters. The molecule has 0 saturated carbocycles. The van der Waals surface area contributed by atoms with Crippen LogP contribution in [0.2, 0.25) is 0 Å². The van der Waals surface area contributed by atoms with Crippen molar-refractivity contribution in [3.8, 4) is 0 Å². The maximum Gasteiger partial charge on any atom is 0.360 e. The second-order valence-corrected chi connectivity index (χ2v) is 7.69. The predicted octanol–water partition coefficient (Wildman–Crippen LogP) is 2.60. The van der Waals surface area contributed by atoms with E-state index in [2.05, 4.69) is 4.98 Å². The summed E-state index contributed by atoms with van der Waals surface area (Å²) in [5.41, 5.74) is -0.708. The zero-order valence-electron chi connectivity index (χ0n) is 12.6. The first-order valence-electron chi connectivity index (χ1n) is 6.63. The molecule has 0 fully saturated rings. The number of nitrogens with zero attached hydrogens (tertiary/aromatic N) is 1. The topological polar surface area (TPSA) is 86.5 Å². The fourth-order valence-electron chi connectivity index (χ4n) is 1.68. The Labute approximate surface area is 129 Å². The highest BCUT2D eigenvalue weighted by Gasteiger charge is 2.23. The Morgan fingerprint density at radius 2 is 1.86 bits per heavy atom. The summed E-state index contributed by atoms with van der Waals surface area (Å²) in [5.74, 6) is -1.12. The van der Waals surface area contributed by atoms with Crippen molar-refractivity contribution in [3.05, 3.63) is 48.2 Å². The van der Waals surface area contributed by atoms with E-state index < -0.39 is 27.2 Å². The lowest BCUT2D eigenvalue weighted by Gasteiger charge is -2.18. The number of rotatable bonds is 4. The van der Waals surface area contributed by atoms with Gasteiger partial charge in [-0.2, -0.15) is 0 Å². The summed E-state index contributed by atoms with van der Waals surface area (Å²) in [6.45, 7) is 5.18. The van der Waals surface area contributed by atoms with Crippen molar-refractivity contribution >= 4 is 15.8 Å². The molecule has 1 heterocycles. The average Bonchev–Trinajstić information content (AvgIpc) is 2.86. The van der Waals surface area contributed by atoms with Gasteiger partial charge in [0, 0.05) is 0 Å². The Balaban J connectivity index is 2.14. The van der Waals surface area contributed by atoms with Crippen molar-refractivity contribution in [3.63, 3.8) is 0 Å². The summed E-state index contributed by atoms with van der Waals surface area (Å²) in [5, 5.41) is 0. The molecule has 0 aliphatic rings. The van der Waals surface area contributed by atoms with E-state index in [1.807, 2.05) is 0 Å². The molecular weight excluding hydrogens is 306 g/mol. The molecule has 0 radical (unpaired) electrons. The molecule has 22 heavy (non-hydrogen) atoms. The van der Waals surface area contributed by atoms with Crippen LogP contribution < -0.4 is 0 Å². The summed E-state index contributed by atoms with van der Waals surface area (Å²) in [4.78, 5) is 15.9. The highest BCUT2D eigenvalue weighted by atomic mass is 32.2. The fourth-order valence-corrected chi connectivity index (χ4v) is 2.87. The summed E-state index contributed by atoms with van der Waals surface area (Å²) in [7, 11) is -3.57. The smallest absolute Gasteiger partial charge is 0.360 e. The van der Waals surface area contributed by atoms with E-state index in [0.717, 1.165) is 6.26 Å². The molecule has 0 N–H and O–H groups in total. The summed E-state index contributed by atoms with van der Waals surface area (Å²) < 4.78 is 34.6. The van der Waals surface area contributed by atoms with Crippen LogP contribution in [-0.2, 0) is 20.3 Å². The number of ether oxygens (including phenoxy) is 1. The molecule has 6 nitrogen and oxygen atoms in total. The van der Waals surface area contributed by atoms with Crippen molar-refractivity contribution in [2.45, 2.75) is 37.0 Å². The number of sulfone groups is 1. The number of benzene rings is 1. The number of oxazole rings is 1. The lowest BCUT2D eigenvalue weighted by atomic mass is 10.2. The van der Waals surface area contributed by atoms with E-state index in [1.165, 1.54) is 12.1 Å². The minimum Gasteiger partial charge on any atom is -0.455 e. The van der Waals surface area contributed by atoms with Gasteiger partial charge in [-0.25, -0.2) is 18.2 Å². The van der Waals surface area contributed by atoms with E-state index in [1.54, 1.807) is 39.0 Å². The lowest BCUT2D eigenvalue weighted by Crippen LogP contribution is -2.24. The molecule has 1 aromatic heterocycles. The van der Waals surface area contributed by atoms with E-state index in [4.69, 9.17) is 9.15 Å².